The number of para-hydroxylation sites is 1. The molecule has 3 rings (SSSR count). The number of ketones is 1. The van der Waals surface area contributed by atoms with E-state index < -0.39 is 0 Å². The first kappa shape index (κ1) is 13.5. The van der Waals surface area contributed by atoms with Gasteiger partial charge < -0.3 is 0 Å². The molecule has 1 aromatic heterocycles. The van der Waals surface area contributed by atoms with Crippen LogP contribution in [0.1, 0.15) is 27.0 Å². The standard InChI is InChI=1S/C19H17NO/c1-13-6-3-7-14(2)17(13)12-18(21)16-10-4-8-15-9-5-11-20-19(15)16/h3-11H,12H2,1-2H3. The Balaban J connectivity index is 2.02. The van der Waals surface area contributed by atoms with Gasteiger partial charge in [-0.05, 0) is 42.7 Å². The number of carbonyl (C=O) groups is 1. The minimum Gasteiger partial charge on any atom is -0.294 e. The fourth-order valence-electron chi connectivity index (χ4n) is 2.71. The van der Waals surface area contributed by atoms with Crippen molar-refractivity contribution in [2.24, 2.45) is 0 Å². The van der Waals surface area contributed by atoms with Crippen LogP contribution in [0.2, 0.25) is 0 Å². The summed E-state index contributed by atoms with van der Waals surface area (Å²) in [6.45, 7) is 4.11. The van der Waals surface area contributed by atoms with Gasteiger partial charge in [0.05, 0.1) is 5.52 Å². The van der Waals surface area contributed by atoms with Crippen molar-refractivity contribution in [1.82, 2.24) is 4.98 Å². The summed E-state index contributed by atoms with van der Waals surface area (Å²) in [5, 5.41) is 1.00. The molecule has 3 aromatic rings. The van der Waals surface area contributed by atoms with Gasteiger partial charge in [0.1, 0.15) is 0 Å². The number of hydrogen-bond donors (Lipinski definition) is 0. The number of benzene rings is 2. The molecule has 0 atom stereocenters. The number of carbonyl (C=O) groups excluding carboxylic acids is 1. The molecule has 0 aliphatic heterocycles. The average molecular weight is 275 g/mol. The Hall–Kier alpha value is -2.48. The maximum absolute atomic E-state index is 12.7. The fourth-order valence-corrected chi connectivity index (χ4v) is 2.71. The molecule has 0 saturated heterocycles. The summed E-state index contributed by atoms with van der Waals surface area (Å²) < 4.78 is 0. The van der Waals surface area contributed by atoms with Crippen LogP contribution in [0.4, 0.5) is 0 Å². The number of fused-ring (bicyclic) bond motifs is 1. The second-order valence-electron chi connectivity index (χ2n) is 5.35. The van der Waals surface area contributed by atoms with Gasteiger partial charge >= 0.3 is 0 Å². The third-order valence-electron chi connectivity index (χ3n) is 3.91. The van der Waals surface area contributed by atoms with E-state index in [-0.39, 0.29) is 5.78 Å². The van der Waals surface area contributed by atoms with Crippen molar-refractivity contribution >= 4 is 16.7 Å². The first-order chi connectivity index (χ1) is 10.2. The number of rotatable bonds is 3. The summed E-state index contributed by atoms with van der Waals surface area (Å²) in [5.74, 6) is 0.122. The zero-order chi connectivity index (χ0) is 14.8. The van der Waals surface area contributed by atoms with Gasteiger partial charge in [-0.15, -0.1) is 0 Å². The van der Waals surface area contributed by atoms with E-state index in [4.69, 9.17) is 0 Å². The third-order valence-corrected chi connectivity index (χ3v) is 3.91. The normalized spacial score (nSPS) is 10.8. The number of nitrogens with zero attached hydrogens (tertiary/aromatic N) is 1. The highest BCUT2D eigenvalue weighted by molar-refractivity contribution is 6.07. The molecule has 0 amide bonds. The molecule has 0 N–H and O–H groups in total. The Kier molecular flexibility index (Phi) is 3.53. The molecular weight excluding hydrogens is 258 g/mol. The van der Waals surface area contributed by atoms with Gasteiger partial charge in [-0.1, -0.05) is 36.4 Å². The smallest absolute Gasteiger partial charge is 0.169 e. The van der Waals surface area contributed by atoms with Crippen molar-refractivity contribution in [3.63, 3.8) is 0 Å². The average Bonchev–Trinajstić information content (AvgIpc) is 2.50. The summed E-state index contributed by atoms with van der Waals surface area (Å²) in [7, 11) is 0. The molecule has 0 unspecified atom stereocenters. The molecule has 0 aliphatic carbocycles. The SMILES string of the molecule is Cc1cccc(C)c1CC(=O)c1cccc2cccnc12. The van der Waals surface area contributed by atoms with Gasteiger partial charge in [0.25, 0.3) is 0 Å². The minimum atomic E-state index is 0.122. The zero-order valence-corrected chi connectivity index (χ0v) is 12.3. The molecule has 2 heteroatoms. The quantitative estimate of drug-likeness (QED) is 0.668. The largest absolute Gasteiger partial charge is 0.294 e. The Bertz CT molecular complexity index is 795. The van der Waals surface area contributed by atoms with Gasteiger partial charge in [-0.3, -0.25) is 9.78 Å². The van der Waals surface area contributed by atoms with Crippen LogP contribution in [0.3, 0.4) is 0 Å². The Morgan fingerprint density at radius 2 is 1.62 bits per heavy atom. The number of aryl methyl sites for hydroxylation is 2. The van der Waals surface area contributed by atoms with Crippen molar-refractivity contribution in [3.05, 3.63) is 77.0 Å². The van der Waals surface area contributed by atoms with Gasteiger partial charge in [0.15, 0.2) is 5.78 Å². The van der Waals surface area contributed by atoms with Crippen molar-refractivity contribution in [2.75, 3.05) is 0 Å². The van der Waals surface area contributed by atoms with E-state index in [9.17, 15) is 4.79 Å². The van der Waals surface area contributed by atoms with Gasteiger partial charge in [0, 0.05) is 23.6 Å². The molecule has 0 radical (unpaired) electrons. The lowest BCUT2D eigenvalue weighted by atomic mass is 9.94. The lowest BCUT2D eigenvalue weighted by molar-refractivity contribution is 0.0994. The van der Waals surface area contributed by atoms with Crippen LogP contribution in [0, 0.1) is 13.8 Å². The maximum Gasteiger partial charge on any atom is 0.169 e. The van der Waals surface area contributed by atoms with Gasteiger partial charge in [0.2, 0.25) is 0 Å². The molecule has 104 valence electrons. The third kappa shape index (κ3) is 2.57. The van der Waals surface area contributed by atoms with Gasteiger partial charge in [-0.25, -0.2) is 0 Å². The Morgan fingerprint density at radius 3 is 2.38 bits per heavy atom. The van der Waals surface area contributed by atoms with Gasteiger partial charge in [-0.2, -0.15) is 0 Å². The van der Waals surface area contributed by atoms with E-state index >= 15 is 0 Å². The van der Waals surface area contributed by atoms with Crippen LogP contribution in [0.5, 0.6) is 0 Å². The highest BCUT2D eigenvalue weighted by Gasteiger charge is 2.13. The van der Waals surface area contributed by atoms with Crippen LogP contribution in [-0.2, 0) is 6.42 Å². The van der Waals surface area contributed by atoms with E-state index in [0.29, 0.717) is 12.0 Å². The molecule has 2 aromatic carbocycles. The topological polar surface area (TPSA) is 30.0 Å². The van der Waals surface area contributed by atoms with E-state index in [1.165, 1.54) is 0 Å². The summed E-state index contributed by atoms with van der Waals surface area (Å²) in [6.07, 6.45) is 2.16. The molecule has 0 saturated carbocycles. The predicted octanol–water partition coefficient (Wildman–Crippen LogP) is 4.28. The fraction of sp³-hybridized carbons (Fsp3) is 0.158. The molecule has 2 nitrogen and oxygen atoms in total. The maximum atomic E-state index is 12.7. The molecule has 0 aliphatic rings. The predicted molar refractivity (Wildman–Crippen MR) is 85.7 cm³/mol. The molecule has 0 fully saturated rings. The molecule has 1 heterocycles. The van der Waals surface area contributed by atoms with Crippen molar-refractivity contribution in [1.29, 1.82) is 0 Å². The zero-order valence-electron chi connectivity index (χ0n) is 12.3. The van der Waals surface area contributed by atoms with Crippen LogP contribution in [0.25, 0.3) is 10.9 Å². The first-order valence-corrected chi connectivity index (χ1v) is 7.09. The van der Waals surface area contributed by atoms with E-state index in [2.05, 4.69) is 31.0 Å². The molecular formula is C19H17NO. The summed E-state index contributed by atoms with van der Waals surface area (Å²) in [5.41, 5.74) is 4.94. The van der Waals surface area contributed by atoms with E-state index in [1.807, 2.05) is 36.4 Å². The number of pyridine rings is 1. The molecule has 0 spiro atoms. The second kappa shape index (κ2) is 5.49. The summed E-state index contributed by atoms with van der Waals surface area (Å²) in [4.78, 5) is 17.1. The Morgan fingerprint density at radius 1 is 0.952 bits per heavy atom. The van der Waals surface area contributed by atoms with E-state index in [0.717, 1.165) is 27.6 Å². The van der Waals surface area contributed by atoms with E-state index in [1.54, 1.807) is 6.20 Å². The van der Waals surface area contributed by atoms with Crippen molar-refractivity contribution < 1.29 is 4.79 Å². The number of Topliss-reactive ketones (excluding diaryl/α,β-unsaturated/α-hetero) is 1. The number of hydrogen-bond acceptors (Lipinski definition) is 2. The summed E-state index contributed by atoms with van der Waals surface area (Å²) in [6, 6.07) is 15.8. The van der Waals surface area contributed by atoms with Crippen LogP contribution in [0.15, 0.2) is 54.7 Å². The lowest BCUT2D eigenvalue weighted by Gasteiger charge is -2.10. The Labute approximate surface area is 124 Å². The summed E-state index contributed by atoms with van der Waals surface area (Å²) >= 11 is 0. The number of aromatic nitrogens is 1. The first-order valence-electron chi connectivity index (χ1n) is 7.09. The lowest BCUT2D eigenvalue weighted by Crippen LogP contribution is -2.07. The van der Waals surface area contributed by atoms with Crippen molar-refractivity contribution in [3.8, 4) is 0 Å². The van der Waals surface area contributed by atoms with Crippen molar-refractivity contribution in [2.45, 2.75) is 20.3 Å². The van der Waals surface area contributed by atoms with Crippen LogP contribution < -0.4 is 0 Å². The molecule has 21 heavy (non-hydrogen) atoms. The van der Waals surface area contributed by atoms with Crippen LogP contribution in [-0.4, -0.2) is 10.8 Å². The highest BCUT2D eigenvalue weighted by Crippen LogP contribution is 2.20. The monoisotopic (exact) mass is 275 g/mol. The molecule has 0 bridgehead atoms. The highest BCUT2D eigenvalue weighted by atomic mass is 16.1. The second-order valence-corrected chi connectivity index (χ2v) is 5.35. The van der Waals surface area contributed by atoms with Crippen LogP contribution >= 0.6 is 0 Å². The minimum absolute atomic E-state index is 0.122.